The second-order valence-corrected chi connectivity index (χ2v) is 5.50. The van der Waals surface area contributed by atoms with Crippen LogP contribution in [0.2, 0.25) is 0 Å². The third kappa shape index (κ3) is 2.38. The Kier molecular flexibility index (Phi) is 3.38. The van der Waals surface area contributed by atoms with Crippen molar-refractivity contribution in [2.75, 3.05) is 19.8 Å². The minimum absolute atomic E-state index is 0.158. The van der Waals surface area contributed by atoms with Crippen molar-refractivity contribution in [2.24, 2.45) is 5.73 Å². The largest absolute Gasteiger partial charge is 0.380 e. The molecule has 0 radical (unpaired) electrons. The van der Waals surface area contributed by atoms with Crippen molar-refractivity contribution in [1.82, 2.24) is 4.98 Å². The Bertz CT molecular complexity index is 318. The predicted molar refractivity (Wildman–Crippen MR) is 62.3 cm³/mol. The number of hydrogen-bond acceptors (Lipinski definition) is 4. The van der Waals surface area contributed by atoms with E-state index in [1.165, 1.54) is 9.88 Å². The van der Waals surface area contributed by atoms with Crippen molar-refractivity contribution in [2.45, 2.75) is 31.6 Å². The Hall–Kier alpha value is -0.450. The van der Waals surface area contributed by atoms with Crippen LogP contribution in [-0.4, -0.2) is 24.7 Å². The molecule has 0 spiro atoms. The molecule has 1 aliphatic heterocycles. The van der Waals surface area contributed by atoms with Crippen LogP contribution in [-0.2, 0) is 16.6 Å². The molecule has 2 N–H and O–H groups in total. The highest BCUT2D eigenvalue weighted by atomic mass is 32.1. The minimum atomic E-state index is 0.158. The van der Waals surface area contributed by atoms with Gasteiger partial charge in [-0.1, -0.05) is 6.92 Å². The zero-order valence-electron chi connectivity index (χ0n) is 9.16. The first kappa shape index (κ1) is 11.0. The Labute approximate surface area is 94.7 Å². The fourth-order valence-corrected chi connectivity index (χ4v) is 2.93. The third-order valence-corrected chi connectivity index (χ3v) is 4.28. The lowest BCUT2D eigenvalue weighted by atomic mass is 9.91. The number of nitrogens with zero attached hydrogens (tertiary/aromatic N) is 1. The molecule has 1 saturated heterocycles. The maximum absolute atomic E-state index is 5.50. The van der Waals surface area contributed by atoms with Gasteiger partial charge in [-0.2, -0.15) is 0 Å². The van der Waals surface area contributed by atoms with Gasteiger partial charge < -0.3 is 10.5 Å². The van der Waals surface area contributed by atoms with Crippen LogP contribution in [0.1, 0.15) is 29.7 Å². The summed E-state index contributed by atoms with van der Waals surface area (Å²) in [6, 6.07) is 0. The molecule has 0 bridgehead atoms. The van der Waals surface area contributed by atoms with Gasteiger partial charge in [0.05, 0.1) is 6.61 Å². The lowest BCUT2D eigenvalue weighted by Crippen LogP contribution is -2.21. The average molecular weight is 226 g/mol. The van der Waals surface area contributed by atoms with Gasteiger partial charge >= 0.3 is 0 Å². The van der Waals surface area contributed by atoms with E-state index in [1.807, 2.05) is 17.5 Å². The summed E-state index contributed by atoms with van der Waals surface area (Å²) in [5.74, 6) is 0. The van der Waals surface area contributed by atoms with Crippen molar-refractivity contribution < 1.29 is 4.74 Å². The van der Waals surface area contributed by atoms with Crippen molar-refractivity contribution in [3.05, 3.63) is 16.1 Å². The molecule has 1 unspecified atom stereocenters. The quantitative estimate of drug-likeness (QED) is 0.850. The Morgan fingerprint density at radius 1 is 1.67 bits per heavy atom. The summed E-state index contributed by atoms with van der Waals surface area (Å²) in [7, 11) is 0. The molecule has 0 amide bonds. The minimum Gasteiger partial charge on any atom is -0.380 e. The van der Waals surface area contributed by atoms with Gasteiger partial charge in [0.2, 0.25) is 0 Å². The summed E-state index contributed by atoms with van der Waals surface area (Å²) in [4.78, 5) is 5.87. The van der Waals surface area contributed by atoms with Crippen molar-refractivity contribution in [1.29, 1.82) is 0 Å². The van der Waals surface area contributed by atoms with E-state index in [1.54, 1.807) is 0 Å². The lowest BCUT2D eigenvalue weighted by molar-refractivity contribution is 0.180. The van der Waals surface area contributed by atoms with Crippen LogP contribution in [0.15, 0.2) is 6.20 Å². The molecular weight excluding hydrogens is 208 g/mol. The molecule has 2 heterocycles. The summed E-state index contributed by atoms with van der Waals surface area (Å²) in [5, 5.41) is 1.23. The van der Waals surface area contributed by atoms with Gasteiger partial charge in [0.1, 0.15) is 5.01 Å². The van der Waals surface area contributed by atoms with E-state index in [2.05, 4.69) is 11.9 Å². The number of thiazole rings is 1. The molecule has 0 aliphatic carbocycles. The first-order chi connectivity index (χ1) is 7.24. The van der Waals surface area contributed by atoms with E-state index >= 15 is 0 Å². The smallest absolute Gasteiger partial charge is 0.101 e. The van der Waals surface area contributed by atoms with E-state index in [-0.39, 0.29) is 5.41 Å². The highest BCUT2D eigenvalue weighted by Gasteiger charge is 2.34. The van der Waals surface area contributed by atoms with Crippen LogP contribution in [0.25, 0.3) is 0 Å². The summed E-state index contributed by atoms with van der Waals surface area (Å²) in [5.41, 5.74) is 5.65. The molecule has 4 heteroatoms. The second-order valence-electron chi connectivity index (χ2n) is 4.39. The Morgan fingerprint density at radius 2 is 2.53 bits per heavy atom. The zero-order valence-corrected chi connectivity index (χ0v) is 9.98. The maximum Gasteiger partial charge on any atom is 0.101 e. The first-order valence-corrected chi connectivity index (χ1v) is 6.29. The summed E-state index contributed by atoms with van der Waals surface area (Å²) in [6.45, 7) is 4.68. The normalized spacial score (nSPS) is 26.0. The molecule has 1 aromatic rings. The van der Waals surface area contributed by atoms with Crippen molar-refractivity contribution in [3.8, 4) is 0 Å². The molecule has 1 fully saturated rings. The number of ether oxygens (including phenoxy) is 1. The fourth-order valence-electron chi connectivity index (χ4n) is 1.81. The molecular formula is C11H18N2OS. The molecule has 84 valence electrons. The Morgan fingerprint density at radius 3 is 3.20 bits per heavy atom. The average Bonchev–Trinajstić information content (AvgIpc) is 2.84. The molecule has 1 aromatic heterocycles. The molecule has 2 rings (SSSR count). The standard InChI is InChI=1S/C11H18N2OS/c1-11(4-6-14-8-11)10-13-7-9(15-10)3-2-5-12/h7H,2-6,8,12H2,1H3. The van der Waals surface area contributed by atoms with E-state index in [9.17, 15) is 0 Å². The van der Waals surface area contributed by atoms with Gasteiger partial charge in [-0.3, -0.25) is 0 Å². The monoisotopic (exact) mass is 226 g/mol. The van der Waals surface area contributed by atoms with Crippen LogP contribution in [0.3, 0.4) is 0 Å². The van der Waals surface area contributed by atoms with Gasteiger partial charge in [-0.25, -0.2) is 4.98 Å². The third-order valence-electron chi connectivity index (χ3n) is 2.92. The number of aryl methyl sites for hydroxylation is 1. The summed E-state index contributed by atoms with van der Waals surface area (Å²) >= 11 is 1.82. The van der Waals surface area contributed by atoms with Crippen LogP contribution < -0.4 is 5.73 Å². The maximum atomic E-state index is 5.50. The SMILES string of the molecule is CC1(c2ncc(CCCN)s2)CCOC1. The molecule has 1 aliphatic rings. The first-order valence-electron chi connectivity index (χ1n) is 5.47. The lowest BCUT2D eigenvalue weighted by Gasteiger charge is -2.17. The molecule has 0 saturated carbocycles. The number of aromatic nitrogens is 1. The second kappa shape index (κ2) is 4.60. The van der Waals surface area contributed by atoms with Gasteiger partial charge in [0.15, 0.2) is 0 Å². The van der Waals surface area contributed by atoms with Crippen LogP contribution in [0.5, 0.6) is 0 Å². The predicted octanol–water partition coefficient (Wildman–Crippen LogP) is 1.71. The van der Waals surface area contributed by atoms with Gasteiger partial charge in [-0.05, 0) is 25.8 Å². The fraction of sp³-hybridized carbons (Fsp3) is 0.727. The van der Waals surface area contributed by atoms with Crippen LogP contribution >= 0.6 is 11.3 Å². The molecule has 3 nitrogen and oxygen atoms in total. The van der Waals surface area contributed by atoms with E-state index < -0.39 is 0 Å². The van der Waals surface area contributed by atoms with E-state index in [0.29, 0.717) is 0 Å². The van der Waals surface area contributed by atoms with Gasteiger partial charge in [0, 0.05) is 23.1 Å². The number of nitrogens with two attached hydrogens (primary N) is 1. The highest BCUT2D eigenvalue weighted by molar-refractivity contribution is 7.11. The Balaban J connectivity index is 2.05. The van der Waals surface area contributed by atoms with E-state index in [0.717, 1.165) is 39.0 Å². The summed E-state index contributed by atoms with van der Waals surface area (Å²) in [6.07, 6.45) is 5.20. The highest BCUT2D eigenvalue weighted by Crippen LogP contribution is 2.35. The number of hydrogen-bond donors (Lipinski definition) is 1. The zero-order chi connectivity index (χ0) is 10.7. The van der Waals surface area contributed by atoms with Crippen molar-refractivity contribution in [3.63, 3.8) is 0 Å². The molecule has 0 aromatic carbocycles. The van der Waals surface area contributed by atoms with Gasteiger partial charge in [-0.15, -0.1) is 11.3 Å². The number of rotatable bonds is 4. The van der Waals surface area contributed by atoms with Crippen LogP contribution in [0.4, 0.5) is 0 Å². The van der Waals surface area contributed by atoms with Crippen molar-refractivity contribution >= 4 is 11.3 Å². The molecule has 15 heavy (non-hydrogen) atoms. The van der Waals surface area contributed by atoms with Crippen LogP contribution in [0, 0.1) is 0 Å². The van der Waals surface area contributed by atoms with E-state index in [4.69, 9.17) is 10.5 Å². The topological polar surface area (TPSA) is 48.1 Å². The molecule has 1 atom stereocenters. The van der Waals surface area contributed by atoms with Gasteiger partial charge in [0.25, 0.3) is 0 Å². The summed E-state index contributed by atoms with van der Waals surface area (Å²) < 4.78 is 5.45.